The summed E-state index contributed by atoms with van der Waals surface area (Å²) in [5.41, 5.74) is 0. The van der Waals surface area contributed by atoms with Crippen molar-refractivity contribution in [1.82, 2.24) is 0 Å². The fraction of sp³-hybridized carbons (Fsp3) is 0.933. The van der Waals surface area contributed by atoms with Gasteiger partial charge in [-0.05, 0) is 38.5 Å². The lowest BCUT2D eigenvalue weighted by molar-refractivity contribution is -0.870. The molecule has 2 atom stereocenters. The molecular formula is C75H146NO8+. The summed E-state index contributed by atoms with van der Waals surface area (Å²) in [6.07, 6.45) is 79.2. The lowest BCUT2D eigenvalue weighted by Gasteiger charge is -2.25. The first-order valence-corrected chi connectivity index (χ1v) is 37.4. The van der Waals surface area contributed by atoms with Gasteiger partial charge in [0.15, 0.2) is 6.10 Å². The molecule has 0 amide bonds. The summed E-state index contributed by atoms with van der Waals surface area (Å²) in [4.78, 5) is 37.6. The lowest BCUT2D eigenvalue weighted by Crippen LogP contribution is -2.40. The van der Waals surface area contributed by atoms with E-state index in [1.165, 1.54) is 327 Å². The quantitative estimate of drug-likeness (QED) is 0.0211. The van der Waals surface area contributed by atoms with Crippen molar-refractivity contribution in [2.45, 2.75) is 405 Å². The average molecular weight is 1190 g/mol. The highest BCUT2D eigenvalue weighted by atomic mass is 16.7. The Labute approximate surface area is 523 Å². The number of nitrogens with zero attached hydrogens (tertiary/aromatic N) is 1. The second kappa shape index (κ2) is 67.0. The van der Waals surface area contributed by atoms with Gasteiger partial charge in [0, 0.05) is 12.8 Å². The van der Waals surface area contributed by atoms with Crippen LogP contribution in [0.2, 0.25) is 0 Å². The van der Waals surface area contributed by atoms with Gasteiger partial charge >= 0.3 is 17.9 Å². The fourth-order valence-electron chi connectivity index (χ4n) is 11.5. The standard InChI is InChI=1S/C75H145NO8/c1-6-8-10-12-14-16-18-20-22-24-26-28-30-32-33-34-35-36-37-38-39-40-41-42-44-46-48-50-52-54-56-58-60-62-64-66-73(78)84-71(70-83-75(74(79)80)81-68-67-76(3,4)5)69-82-72(77)65-63-61-59-57-55-53-51-49-47-45-43-31-29-27-25-23-21-19-17-15-13-11-9-7-2/h24,26,71,75H,6-23,25,27-70H2,1-5H3/p+1/b26-24-. The van der Waals surface area contributed by atoms with Crippen molar-refractivity contribution >= 4 is 17.9 Å². The van der Waals surface area contributed by atoms with Crippen LogP contribution in [0.4, 0.5) is 0 Å². The van der Waals surface area contributed by atoms with Crippen LogP contribution < -0.4 is 0 Å². The Morgan fingerprint density at radius 2 is 0.607 bits per heavy atom. The van der Waals surface area contributed by atoms with Crippen LogP contribution in [0.5, 0.6) is 0 Å². The minimum atomic E-state index is -1.51. The molecular weight excluding hydrogens is 1040 g/mol. The van der Waals surface area contributed by atoms with Crippen LogP contribution in [-0.4, -0.2) is 87.4 Å². The third-order valence-corrected chi connectivity index (χ3v) is 17.3. The largest absolute Gasteiger partial charge is 0.477 e. The van der Waals surface area contributed by atoms with Crippen molar-refractivity contribution in [2.75, 3.05) is 47.5 Å². The van der Waals surface area contributed by atoms with Gasteiger partial charge in [-0.25, -0.2) is 4.79 Å². The Balaban J connectivity index is 3.99. The summed E-state index contributed by atoms with van der Waals surface area (Å²) in [5, 5.41) is 9.75. The Bertz CT molecular complexity index is 1380. The minimum absolute atomic E-state index is 0.173. The number of carbonyl (C=O) groups excluding carboxylic acids is 2. The Morgan fingerprint density at radius 3 is 0.881 bits per heavy atom. The third kappa shape index (κ3) is 67.5. The molecule has 498 valence electrons. The number of carboxylic acids is 1. The molecule has 0 aromatic carbocycles. The normalized spacial score (nSPS) is 12.6. The first kappa shape index (κ1) is 82.0. The van der Waals surface area contributed by atoms with Crippen molar-refractivity contribution in [3.63, 3.8) is 0 Å². The number of quaternary nitrogens is 1. The molecule has 0 aromatic heterocycles. The van der Waals surface area contributed by atoms with Gasteiger partial charge in [-0.2, -0.15) is 0 Å². The fourth-order valence-corrected chi connectivity index (χ4v) is 11.5. The van der Waals surface area contributed by atoms with Gasteiger partial charge in [0.25, 0.3) is 6.29 Å². The molecule has 0 fully saturated rings. The van der Waals surface area contributed by atoms with Crippen molar-refractivity contribution in [3.8, 4) is 0 Å². The zero-order valence-corrected chi connectivity index (χ0v) is 57.1. The molecule has 0 aliphatic carbocycles. The summed E-state index contributed by atoms with van der Waals surface area (Å²) in [6.45, 7) is 4.97. The zero-order chi connectivity index (χ0) is 61.2. The summed E-state index contributed by atoms with van der Waals surface area (Å²) >= 11 is 0. The second-order valence-electron chi connectivity index (χ2n) is 27.0. The molecule has 0 spiro atoms. The Morgan fingerprint density at radius 1 is 0.345 bits per heavy atom. The number of carbonyl (C=O) groups is 3. The van der Waals surface area contributed by atoms with Crippen LogP contribution in [0, 0.1) is 0 Å². The molecule has 9 heteroatoms. The van der Waals surface area contributed by atoms with E-state index < -0.39 is 18.4 Å². The van der Waals surface area contributed by atoms with Crippen molar-refractivity contribution in [1.29, 1.82) is 0 Å². The van der Waals surface area contributed by atoms with Gasteiger partial charge in [-0.3, -0.25) is 9.59 Å². The van der Waals surface area contributed by atoms with Gasteiger partial charge < -0.3 is 28.5 Å². The van der Waals surface area contributed by atoms with E-state index in [0.29, 0.717) is 17.4 Å². The highest BCUT2D eigenvalue weighted by molar-refractivity contribution is 5.71. The summed E-state index contributed by atoms with van der Waals surface area (Å²) < 4.78 is 23.0. The number of esters is 2. The first-order valence-electron chi connectivity index (χ1n) is 37.4. The van der Waals surface area contributed by atoms with Crippen LogP contribution >= 0.6 is 0 Å². The number of unbranched alkanes of at least 4 members (excludes halogenated alkanes) is 54. The number of aliphatic carboxylic acids is 1. The maximum atomic E-state index is 13.0. The maximum absolute atomic E-state index is 13.0. The van der Waals surface area contributed by atoms with Gasteiger partial charge in [0.1, 0.15) is 13.2 Å². The van der Waals surface area contributed by atoms with E-state index in [4.69, 9.17) is 18.9 Å². The summed E-state index contributed by atoms with van der Waals surface area (Å²) in [5.74, 6) is -1.97. The second-order valence-corrected chi connectivity index (χ2v) is 27.0. The molecule has 1 N–H and O–H groups in total. The van der Waals surface area contributed by atoms with E-state index >= 15 is 0 Å². The molecule has 0 radical (unpaired) electrons. The Hall–Kier alpha value is -1.97. The van der Waals surface area contributed by atoms with Crippen LogP contribution in [0.25, 0.3) is 0 Å². The molecule has 2 unspecified atom stereocenters. The van der Waals surface area contributed by atoms with Crippen molar-refractivity contribution in [2.24, 2.45) is 0 Å². The minimum Gasteiger partial charge on any atom is -0.477 e. The van der Waals surface area contributed by atoms with Crippen LogP contribution in [0.3, 0.4) is 0 Å². The molecule has 9 nitrogen and oxygen atoms in total. The monoisotopic (exact) mass is 1190 g/mol. The van der Waals surface area contributed by atoms with E-state index in [1.54, 1.807) is 0 Å². The van der Waals surface area contributed by atoms with E-state index in [2.05, 4.69) is 26.0 Å². The number of ether oxygens (including phenoxy) is 4. The first-order chi connectivity index (χ1) is 41.1. The number of hydrogen-bond donors (Lipinski definition) is 1. The molecule has 0 saturated carbocycles. The smallest absolute Gasteiger partial charge is 0.361 e. The molecule has 0 saturated heterocycles. The van der Waals surface area contributed by atoms with Gasteiger partial charge in [-0.1, -0.05) is 353 Å². The van der Waals surface area contributed by atoms with Crippen molar-refractivity contribution in [3.05, 3.63) is 12.2 Å². The third-order valence-electron chi connectivity index (χ3n) is 17.3. The zero-order valence-electron chi connectivity index (χ0n) is 57.1. The maximum Gasteiger partial charge on any atom is 0.361 e. The van der Waals surface area contributed by atoms with E-state index in [1.807, 2.05) is 21.1 Å². The van der Waals surface area contributed by atoms with Crippen molar-refractivity contribution < 1.29 is 42.9 Å². The number of hydrogen-bond acceptors (Lipinski definition) is 7. The molecule has 0 aromatic rings. The van der Waals surface area contributed by atoms with E-state index in [-0.39, 0.29) is 38.2 Å². The molecule has 0 heterocycles. The van der Waals surface area contributed by atoms with Crippen LogP contribution in [-0.2, 0) is 33.3 Å². The number of rotatable bonds is 71. The lowest BCUT2D eigenvalue weighted by atomic mass is 10.0. The molecule has 84 heavy (non-hydrogen) atoms. The molecule has 0 bridgehead atoms. The SMILES string of the molecule is CCCCCCCCCC/C=C\CCCCCCCCCCCCCCCCCCCCCCCCCC(=O)OC(COC(=O)CCCCCCCCCCCCCCCCCCCCCCCCCC)COC(OCC[N+](C)(C)C)C(=O)O. The summed E-state index contributed by atoms with van der Waals surface area (Å²) in [7, 11) is 6.00. The number of likely N-dealkylation sites (N-methyl/N-ethyl adjacent to an activating group) is 1. The topological polar surface area (TPSA) is 108 Å². The van der Waals surface area contributed by atoms with Crippen LogP contribution in [0.15, 0.2) is 12.2 Å². The van der Waals surface area contributed by atoms with Gasteiger partial charge in [-0.15, -0.1) is 0 Å². The predicted octanol–water partition coefficient (Wildman–Crippen LogP) is 23.2. The number of allylic oxidation sites excluding steroid dienone is 2. The number of carboxylic acid groups (broad SMARTS) is 1. The molecule has 0 aliphatic rings. The van der Waals surface area contributed by atoms with Gasteiger partial charge in [0.2, 0.25) is 0 Å². The van der Waals surface area contributed by atoms with E-state index in [0.717, 1.165) is 38.5 Å². The predicted molar refractivity (Wildman–Crippen MR) is 360 cm³/mol. The highest BCUT2D eigenvalue weighted by Crippen LogP contribution is 2.20. The highest BCUT2D eigenvalue weighted by Gasteiger charge is 2.25. The average Bonchev–Trinajstić information content (AvgIpc) is 3.55. The van der Waals surface area contributed by atoms with Gasteiger partial charge in [0.05, 0.1) is 34.4 Å². The molecule has 0 rings (SSSR count). The van der Waals surface area contributed by atoms with Crippen LogP contribution in [0.1, 0.15) is 393 Å². The Kier molecular flexibility index (Phi) is 65.4. The van der Waals surface area contributed by atoms with E-state index in [9.17, 15) is 19.5 Å². The summed E-state index contributed by atoms with van der Waals surface area (Å²) in [6, 6.07) is 0. The molecule has 0 aliphatic heterocycles.